The minimum atomic E-state index is -5.06. The Balaban J connectivity index is 2.44. The second-order valence-corrected chi connectivity index (χ2v) is 6.56. The van der Waals surface area contributed by atoms with Crippen molar-refractivity contribution in [2.45, 2.75) is 17.2 Å². The number of hydrogen-bond donors (Lipinski definition) is 1. The molecule has 0 aliphatic carbocycles. The van der Waals surface area contributed by atoms with E-state index in [9.17, 15) is 44.3 Å². The highest BCUT2D eigenvalue weighted by Gasteiger charge is 2.35. The topological polar surface area (TPSA) is 47.6 Å². The maximum absolute atomic E-state index is 14.5. The highest BCUT2D eigenvalue weighted by atomic mass is 32.2. The lowest BCUT2D eigenvalue weighted by atomic mass is 10.2. The number of benzene rings is 2. The number of aldehydes is 1. The van der Waals surface area contributed by atoms with Gasteiger partial charge in [-0.05, 0) is 24.1 Å². The number of nitrogens with one attached hydrogen (secondary N) is 1. The Bertz CT molecular complexity index is 903. The van der Waals surface area contributed by atoms with Crippen LogP contribution in [0.25, 0.3) is 0 Å². The first-order chi connectivity index (χ1) is 14.3. The zero-order valence-electron chi connectivity index (χ0n) is 14.8. The van der Waals surface area contributed by atoms with Crippen LogP contribution < -0.4 is 14.2 Å². The number of halogens is 9. The number of carbonyl (C=O) groups is 1. The molecule has 14 heteroatoms. The van der Waals surface area contributed by atoms with E-state index in [0.717, 1.165) is 0 Å². The molecule has 0 heterocycles. The van der Waals surface area contributed by atoms with Gasteiger partial charge >= 0.3 is 12.4 Å². The standard InChI is InChI=1S/C17H10F9NO3S/c18-10-13(27-31-9-3-1-2-8(4-9)5-28)11(19)15(30-7-17(24,25)26)12(20)14(10)29-6-16(21,22)23/h1-5,27H,6-7H2. The number of hydrogen-bond acceptors (Lipinski definition) is 5. The largest absolute Gasteiger partial charge is 0.478 e. The maximum atomic E-state index is 14.5. The Morgan fingerprint density at radius 2 is 1.39 bits per heavy atom. The van der Waals surface area contributed by atoms with Gasteiger partial charge in [0.15, 0.2) is 36.3 Å². The maximum Gasteiger partial charge on any atom is 0.422 e. The van der Waals surface area contributed by atoms with E-state index in [4.69, 9.17) is 0 Å². The molecular formula is C17H10F9NO3S. The van der Waals surface area contributed by atoms with Gasteiger partial charge in [0.05, 0.1) is 0 Å². The molecule has 0 amide bonds. The summed E-state index contributed by atoms with van der Waals surface area (Å²) in [6.07, 6.45) is -9.66. The van der Waals surface area contributed by atoms with Crippen LogP contribution in [-0.2, 0) is 0 Å². The number of anilines is 1. The molecule has 2 aromatic rings. The normalized spacial score (nSPS) is 11.9. The van der Waals surface area contributed by atoms with Crippen LogP contribution in [0, 0.1) is 17.5 Å². The summed E-state index contributed by atoms with van der Waals surface area (Å²) in [7, 11) is 0. The van der Waals surface area contributed by atoms with Crippen LogP contribution >= 0.6 is 11.9 Å². The summed E-state index contributed by atoms with van der Waals surface area (Å²) < 4.78 is 127. The third-order valence-corrected chi connectivity index (χ3v) is 4.06. The lowest BCUT2D eigenvalue weighted by molar-refractivity contribution is -0.155. The fraction of sp³-hybridized carbons (Fsp3) is 0.235. The van der Waals surface area contributed by atoms with Crippen molar-refractivity contribution in [1.82, 2.24) is 0 Å². The lowest BCUT2D eigenvalue weighted by Gasteiger charge is -2.18. The summed E-state index contributed by atoms with van der Waals surface area (Å²) in [5, 5.41) is 0. The Hall–Kier alpha value is -2.77. The Morgan fingerprint density at radius 1 is 0.871 bits per heavy atom. The van der Waals surface area contributed by atoms with Gasteiger partial charge in [-0.1, -0.05) is 12.1 Å². The second-order valence-electron chi connectivity index (χ2n) is 5.68. The van der Waals surface area contributed by atoms with E-state index in [1.54, 1.807) is 0 Å². The third kappa shape index (κ3) is 6.87. The second kappa shape index (κ2) is 9.58. The van der Waals surface area contributed by atoms with Gasteiger partial charge in [0.1, 0.15) is 12.0 Å². The Labute approximate surface area is 172 Å². The predicted molar refractivity (Wildman–Crippen MR) is 90.7 cm³/mol. The van der Waals surface area contributed by atoms with Crippen LogP contribution in [0.5, 0.6) is 11.5 Å². The van der Waals surface area contributed by atoms with E-state index < -0.39 is 60.2 Å². The van der Waals surface area contributed by atoms with Crippen LogP contribution in [0.3, 0.4) is 0 Å². The average Bonchev–Trinajstić information content (AvgIpc) is 2.66. The smallest absolute Gasteiger partial charge is 0.422 e. The van der Waals surface area contributed by atoms with E-state index >= 15 is 0 Å². The Morgan fingerprint density at radius 3 is 1.84 bits per heavy atom. The number of alkyl halides is 6. The van der Waals surface area contributed by atoms with Crippen molar-refractivity contribution >= 4 is 23.9 Å². The van der Waals surface area contributed by atoms with E-state index in [-0.39, 0.29) is 10.5 Å². The minimum Gasteiger partial charge on any atom is -0.478 e. The van der Waals surface area contributed by atoms with Crippen LogP contribution in [0.2, 0.25) is 0 Å². The highest BCUT2D eigenvalue weighted by molar-refractivity contribution is 8.00. The summed E-state index contributed by atoms with van der Waals surface area (Å²) >= 11 is 0.435. The fourth-order valence-corrected chi connectivity index (χ4v) is 2.77. The van der Waals surface area contributed by atoms with Crippen molar-refractivity contribution in [2.24, 2.45) is 0 Å². The van der Waals surface area contributed by atoms with Crippen molar-refractivity contribution in [1.29, 1.82) is 0 Å². The van der Waals surface area contributed by atoms with E-state index in [1.807, 2.05) is 4.72 Å². The fourth-order valence-electron chi connectivity index (χ4n) is 2.03. The molecule has 0 fully saturated rings. The molecule has 0 aliphatic heterocycles. The SMILES string of the molecule is O=Cc1cccc(SNc2c(F)c(OCC(F)(F)F)c(F)c(OCC(F)(F)F)c2F)c1. The number of carbonyl (C=O) groups excluding carboxylic acids is 1. The first kappa shape index (κ1) is 24.5. The molecule has 0 spiro atoms. The molecule has 0 saturated carbocycles. The van der Waals surface area contributed by atoms with Gasteiger partial charge in [0, 0.05) is 10.5 Å². The molecule has 0 radical (unpaired) electrons. The van der Waals surface area contributed by atoms with Crippen molar-refractivity contribution in [3.63, 3.8) is 0 Å². The van der Waals surface area contributed by atoms with Gasteiger partial charge in [-0.15, -0.1) is 0 Å². The molecule has 4 nitrogen and oxygen atoms in total. The minimum absolute atomic E-state index is 0.162. The Kier molecular flexibility index (Phi) is 7.57. The monoisotopic (exact) mass is 479 g/mol. The zero-order valence-corrected chi connectivity index (χ0v) is 15.7. The average molecular weight is 479 g/mol. The molecule has 170 valence electrons. The number of ether oxygens (including phenoxy) is 2. The van der Waals surface area contributed by atoms with Crippen LogP contribution in [-0.4, -0.2) is 31.9 Å². The van der Waals surface area contributed by atoms with Crippen molar-refractivity contribution in [3.05, 3.63) is 47.3 Å². The van der Waals surface area contributed by atoms with E-state index in [1.165, 1.54) is 24.3 Å². The summed E-state index contributed by atoms with van der Waals surface area (Å²) in [4.78, 5) is 10.9. The molecule has 0 bridgehead atoms. The van der Waals surface area contributed by atoms with Gasteiger partial charge in [-0.2, -0.15) is 30.7 Å². The van der Waals surface area contributed by atoms with Gasteiger partial charge in [-0.25, -0.2) is 8.78 Å². The zero-order chi connectivity index (χ0) is 23.4. The quantitative estimate of drug-likeness (QED) is 0.290. The van der Waals surface area contributed by atoms with Gasteiger partial charge < -0.3 is 14.2 Å². The number of rotatable bonds is 8. The first-order valence-corrected chi connectivity index (χ1v) is 8.71. The van der Waals surface area contributed by atoms with Crippen molar-refractivity contribution in [3.8, 4) is 11.5 Å². The first-order valence-electron chi connectivity index (χ1n) is 7.90. The lowest BCUT2D eigenvalue weighted by Crippen LogP contribution is -2.22. The van der Waals surface area contributed by atoms with E-state index in [0.29, 0.717) is 18.2 Å². The third-order valence-electron chi connectivity index (χ3n) is 3.26. The summed E-state index contributed by atoms with van der Waals surface area (Å²) in [6, 6.07) is 5.40. The predicted octanol–water partition coefficient (Wildman–Crippen LogP) is 5.92. The molecule has 0 aliphatic rings. The van der Waals surface area contributed by atoms with Gasteiger partial charge in [0.2, 0.25) is 5.82 Å². The molecule has 1 N–H and O–H groups in total. The molecule has 0 saturated heterocycles. The van der Waals surface area contributed by atoms with Gasteiger partial charge in [-0.3, -0.25) is 4.79 Å². The van der Waals surface area contributed by atoms with Crippen molar-refractivity contribution in [2.75, 3.05) is 17.9 Å². The highest BCUT2D eigenvalue weighted by Crippen LogP contribution is 2.41. The van der Waals surface area contributed by atoms with Crippen LogP contribution in [0.1, 0.15) is 10.4 Å². The van der Waals surface area contributed by atoms with Crippen LogP contribution in [0.4, 0.5) is 45.2 Å². The molecule has 2 aromatic carbocycles. The molecule has 0 unspecified atom stereocenters. The molecule has 31 heavy (non-hydrogen) atoms. The summed E-state index contributed by atoms with van der Waals surface area (Å²) in [5.41, 5.74) is -1.16. The van der Waals surface area contributed by atoms with Crippen molar-refractivity contribution < 1.29 is 53.8 Å². The summed E-state index contributed by atoms with van der Waals surface area (Å²) in [6.45, 7) is -4.42. The summed E-state index contributed by atoms with van der Waals surface area (Å²) in [5.74, 6) is -9.75. The van der Waals surface area contributed by atoms with Crippen LogP contribution in [0.15, 0.2) is 29.2 Å². The molecule has 2 rings (SSSR count). The molecule has 0 aromatic heterocycles. The van der Waals surface area contributed by atoms with Gasteiger partial charge in [0.25, 0.3) is 0 Å². The van der Waals surface area contributed by atoms with E-state index in [2.05, 4.69) is 9.47 Å². The molecule has 0 atom stereocenters. The molecular weight excluding hydrogens is 469 g/mol.